The molecule has 0 bridgehead atoms. The van der Waals surface area contributed by atoms with E-state index >= 15 is 0 Å². The molecule has 0 aromatic rings. The fourth-order valence-electron chi connectivity index (χ4n) is 1.57. The first-order valence-electron chi connectivity index (χ1n) is 4.89. The van der Waals surface area contributed by atoms with E-state index in [0.29, 0.717) is 5.92 Å². The van der Waals surface area contributed by atoms with Crippen molar-refractivity contribution < 1.29 is 4.39 Å². The van der Waals surface area contributed by atoms with E-state index in [4.69, 9.17) is 0 Å². The number of rotatable bonds is 0. The summed E-state index contributed by atoms with van der Waals surface area (Å²) >= 11 is 0. The highest BCUT2D eigenvalue weighted by Gasteiger charge is 2.24. The van der Waals surface area contributed by atoms with Crippen molar-refractivity contribution in [1.82, 2.24) is 0 Å². The van der Waals surface area contributed by atoms with E-state index in [-0.39, 0.29) is 11.2 Å². The maximum absolute atomic E-state index is 13.4. The first kappa shape index (κ1) is 10.5. The van der Waals surface area contributed by atoms with Gasteiger partial charge in [-0.05, 0) is 36.3 Å². The summed E-state index contributed by atoms with van der Waals surface area (Å²) in [5.41, 5.74) is 2.22. The summed E-state index contributed by atoms with van der Waals surface area (Å²) in [7, 11) is 0. The second kappa shape index (κ2) is 3.28. The Labute approximate surface area is 80.5 Å². The van der Waals surface area contributed by atoms with Crippen LogP contribution in [0, 0.1) is 11.3 Å². The normalized spacial score (nSPS) is 24.8. The highest BCUT2D eigenvalue weighted by molar-refractivity contribution is 5.32. The molecule has 13 heavy (non-hydrogen) atoms. The Hall–Kier alpha value is -0.590. The Kier molecular flexibility index (Phi) is 2.65. The summed E-state index contributed by atoms with van der Waals surface area (Å²) in [6.07, 6.45) is 2.72. The molecule has 0 amide bonds. The van der Waals surface area contributed by atoms with Crippen LogP contribution in [0.5, 0.6) is 0 Å². The van der Waals surface area contributed by atoms with Crippen molar-refractivity contribution in [2.45, 2.75) is 41.0 Å². The van der Waals surface area contributed by atoms with Gasteiger partial charge in [-0.1, -0.05) is 33.3 Å². The second-order valence-corrected chi connectivity index (χ2v) is 5.06. The molecule has 0 saturated carbocycles. The van der Waals surface area contributed by atoms with Gasteiger partial charge in [-0.3, -0.25) is 0 Å². The number of halogens is 1. The zero-order chi connectivity index (χ0) is 10.2. The molecule has 0 heterocycles. The van der Waals surface area contributed by atoms with Gasteiger partial charge in [-0.2, -0.15) is 0 Å². The monoisotopic (exact) mass is 182 g/mol. The van der Waals surface area contributed by atoms with Crippen molar-refractivity contribution in [3.63, 3.8) is 0 Å². The quantitative estimate of drug-likeness (QED) is 0.525. The third-order valence-electron chi connectivity index (χ3n) is 2.91. The van der Waals surface area contributed by atoms with Crippen LogP contribution < -0.4 is 0 Å². The summed E-state index contributed by atoms with van der Waals surface area (Å²) in [6, 6.07) is 0. The lowest BCUT2D eigenvalue weighted by Crippen LogP contribution is -2.16. The van der Waals surface area contributed by atoms with Crippen LogP contribution in [-0.4, -0.2) is 0 Å². The van der Waals surface area contributed by atoms with E-state index in [1.807, 2.05) is 6.92 Å². The summed E-state index contributed by atoms with van der Waals surface area (Å²) in [5, 5.41) is 0. The zero-order valence-electron chi connectivity index (χ0n) is 9.24. The lowest BCUT2D eigenvalue weighted by Gasteiger charge is -2.29. The predicted molar refractivity (Wildman–Crippen MR) is 55.1 cm³/mol. The molecule has 0 spiro atoms. The molecule has 74 valence electrons. The molecular formula is C12H19F. The summed E-state index contributed by atoms with van der Waals surface area (Å²) in [5.74, 6) is 0.336. The standard InChI is InChI=1S/C12H19F/c1-8-6-10(12(3,4)5)7-11(13)9(8)2/h7-8H,6H2,1-5H3. The third kappa shape index (κ3) is 2.20. The van der Waals surface area contributed by atoms with Crippen molar-refractivity contribution in [2.24, 2.45) is 11.3 Å². The zero-order valence-corrected chi connectivity index (χ0v) is 9.24. The molecule has 1 aliphatic carbocycles. The molecular weight excluding hydrogens is 163 g/mol. The second-order valence-electron chi connectivity index (χ2n) is 5.06. The Morgan fingerprint density at radius 3 is 2.31 bits per heavy atom. The van der Waals surface area contributed by atoms with E-state index in [1.54, 1.807) is 6.08 Å². The van der Waals surface area contributed by atoms with Gasteiger partial charge in [0.15, 0.2) is 0 Å². The van der Waals surface area contributed by atoms with E-state index in [9.17, 15) is 4.39 Å². The van der Waals surface area contributed by atoms with Crippen molar-refractivity contribution in [1.29, 1.82) is 0 Å². The van der Waals surface area contributed by atoms with Crippen molar-refractivity contribution in [3.05, 3.63) is 23.0 Å². The number of allylic oxidation sites excluding steroid dienone is 4. The summed E-state index contributed by atoms with van der Waals surface area (Å²) in [4.78, 5) is 0. The first-order valence-corrected chi connectivity index (χ1v) is 4.89. The molecule has 0 aromatic carbocycles. The molecule has 1 heteroatoms. The molecule has 1 aliphatic rings. The van der Waals surface area contributed by atoms with Crippen LogP contribution in [0.25, 0.3) is 0 Å². The molecule has 0 fully saturated rings. The average Bonchev–Trinajstić information content (AvgIpc) is 1.97. The van der Waals surface area contributed by atoms with Crippen LogP contribution in [-0.2, 0) is 0 Å². The van der Waals surface area contributed by atoms with Gasteiger partial charge in [0.05, 0.1) is 0 Å². The van der Waals surface area contributed by atoms with Gasteiger partial charge < -0.3 is 0 Å². The fourth-order valence-corrected chi connectivity index (χ4v) is 1.57. The SMILES string of the molecule is CC1=C(F)C=C(C(C)(C)C)CC1C. The van der Waals surface area contributed by atoms with Crippen LogP contribution in [0.2, 0.25) is 0 Å². The lowest BCUT2D eigenvalue weighted by molar-refractivity contribution is 0.441. The molecule has 1 unspecified atom stereocenters. The molecule has 0 N–H and O–H groups in total. The average molecular weight is 182 g/mol. The topological polar surface area (TPSA) is 0 Å². The van der Waals surface area contributed by atoms with E-state index in [2.05, 4.69) is 27.7 Å². The van der Waals surface area contributed by atoms with E-state index in [1.165, 1.54) is 5.57 Å². The minimum Gasteiger partial charge on any atom is -0.207 e. The maximum atomic E-state index is 13.4. The van der Waals surface area contributed by atoms with Crippen LogP contribution in [0.4, 0.5) is 4.39 Å². The Morgan fingerprint density at radius 2 is 1.92 bits per heavy atom. The minimum absolute atomic E-state index is 0.0244. The first-order chi connectivity index (χ1) is 5.82. The smallest absolute Gasteiger partial charge is 0.122 e. The molecule has 0 aromatic heterocycles. The minimum atomic E-state index is -0.0244. The van der Waals surface area contributed by atoms with Gasteiger partial charge in [0.25, 0.3) is 0 Å². The van der Waals surface area contributed by atoms with Gasteiger partial charge in [0.1, 0.15) is 5.83 Å². The van der Waals surface area contributed by atoms with Crippen LogP contribution >= 0.6 is 0 Å². The molecule has 1 rings (SSSR count). The maximum Gasteiger partial charge on any atom is 0.122 e. The predicted octanol–water partition coefficient (Wildman–Crippen LogP) is 4.24. The van der Waals surface area contributed by atoms with Crippen molar-refractivity contribution in [2.75, 3.05) is 0 Å². The van der Waals surface area contributed by atoms with Gasteiger partial charge in [-0.15, -0.1) is 0 Å². The van der Waals surface area contributed by atoms with Gasteiger partial charge in [0, 0.05) is 0 Å². The molecule has 1 atom stereocenters. The fraction of sp³-hybridized carbons (Fsp3) is 0.667. The Balaban J connectivity index is 3.00. The van der Waals surface area contributed by atoms with Crippen LogP contribution in [0.15, 0.2) is 23.0 Å². The number of hydrogen-bond donors (Lipinski definition) is 0. The van der Waals surface area contributed by atoms with Gasteiger partial charge >= 0.3 is 0 Å². The third-order valence-corrected chi connectivity index (χ3v) is 2.91. The van der Waals surface area contributed by atoms with E-state index < -0.39 is 0 Å². The Morgan fingerprint density at radius 1 is 1.38 bits per heavy atom. The highest BCUT2D eigenvalue weighted by Crippen LogP contribution is 2.38. The van der Waals surface area contributed by atoms with Crippen molar-refractivity contribution >= 4 is 0 Å². The van der Waals surface area contributed by atoms with Gasteiger partial charge in [-0.25, -0.2) is 4.39 Å². The summed E-state index contributed by atoms with van der Waals surface area (Å²) in [6.45, 7) is 10.4. The number of hydrogen-bond acceptors (Lipinski definition) is 0. The molecule has 0 nitrogen and oxygen atoms in total. The van der Waals surface area contributed by atoms with E-state index in [0.717, 1.165) is 12.0 Å². The van der Waals surface area contributed by atoms with Gasteiger partial charge in [0.2, 0.25) is 0 Å². The molecule has 0 radical (unpaired) electrons. The Bertz CT molecular complexity index is 263. The molecule has 0 saturated heterocycles. The summed E-state index contributed by atoms with van der Waals surface area (Å²) < 4.78 is 13.4. The van der Waals surface area contributed by atoms with Crippen molar-refractivity contribution in [3.8, 4) is 0 Å². The largest absolute Gasteiger partial charge is 0.207 e. The lowest BCUT2D eigenvalue weighted by atomic mass is 9.77. The van der Waals surface area contributed by atoms with Crippen LogP contribution in [0.1, 0.15) is 41.0 Å². The molecule has 0 aliphatic heterocycles. The highest BCUT2D eigenvalue weighted by atomic mass is 19.1. The van der Waals surface area contributed by atoms with Crippen LogP contribution in [0.3, 0.4) is 0 Å².